The van der Waals surface area contributed by atoms with Gasteiger partial charge in [0.25, 0.3) is 0 Å². The number of hydrogen-bond acceptors (Lipinski definition) is 2. The third kappa shape index (κ3) is 3.85. The van der Waals surface area contributed by atoms with Gasteiger partial charge >= 0.3 is 0 Å². The zero-order valence-corrected chi connectivity index (χ0v) is 3.61. The summed E-state index contributed by atoms with van der Waals surface area (Å²) >= 11 is 0. The molecular formula is C3H8FNO. The predicted molar refractivity (Wildman–Crippen MR) is 20.8 cm³/mol. The zero-order chi connectivity index (χ0) is 4.99. The Morgan fingerprint density at radius 1 is 2.00 bits per heavy atom. The van der Waals surface area contributed by atoms with Gasteiger partial charge in [-0.3, -0.25) is 0 Å². The van der Waals surface area contributed by atoms with Gasteiger partial charge in [-0.25, -0.2) is 0 Å². The van der Waals surface area contributed by atoms with E-state index in [0.29, 0.717) is 0 Å². The van der Waals surface area contributed by atoms with Crippen LogP contribution in [0.3, 0.4) is 0 Å². The van der Waals surface area contributed by atoms with Crippen molar-refractivity contribution in [1.29, 1.82) is 0 Å². The molecule has 1 atom stereocenters. The van der Waals surface area contributed by atoms with Gasteiger partial charge in [0.2, 0.25) is 0 Å². The van der Waals surface area contributed by atoms with Crippen LogP contribution in [0.15, 0.2) is 0 Å². The third-order valence-corrected chi connectivity index (χ3v) is 0.373. The minimum atomic E-state index is -0.588. The molecule has 0 aliphatic rings. The Morgan fingerprint density at radius 3 is 2.50 bits per heavy atom. The molecule has 3 heteroatoms. The summed E-state index contributed by atoms with van der Waals surface area (Å²) in [6.45, 7) is 1.52. The molecule has 0 aromatic rings. The average molecular weight is 93.1 g/mol. The van der Waals surface area contributed by atoms with Crippen molar-refractivity contribution < 1.29 is 9.59 Å². The van der Waals surface area contributed by atoms with Crippen molar-refractivity contribution in [3.8, 4) is 0 Å². The van der Waals surface area contributed by atoms with Gasteiger partial charge in [-0.15, -0.1) is 4.48 Å². The molecule has 0 rings (SSSR count). The van der Waals surface area contributed by atoms with Crippen molar-refractivity contribution in [3.63, 3.8) is 0 Å². The van der Waals surface area contributed by atoms with Gasteiger partial charge in [0.05, 0.1) is 12.6 Å². The molecule has 2 nitrogen and oxygen atoms in total. The van der Waals surface area contributed by atoms with Crippen molar-refractivity contribution in [2.75, 3.05) is 6.54 Å². The summed E-state index contributed by atoms with van der Waals surface area (Å²) in [4.78, 5) is 0. The summed E-state index contributed by atoms with van der Waals surface area (Å²) in [6.07, 6.45) is -0.588. The Hall–Kier alpha value is -0.150. The van der Waals surface area contributed by atoms with Crippen LogP contribution >= 0.6 is 0 Å². The van der Waals surface area contributed by atoms with E-state index in [1.807, 2.05) is 0 Å². The molecule has 0 aliphatic carbocycles. The lowest BCUT2D eigenvalue weighted by atomic mass is 10.4. The first-order valence-electron chi connectivity index (χ1n) is 1.79. The summed E-state index contributed by atoms with van der Waals surface area (Å²) in [7, 11) is 0. The van der Waals surface area contributed by atoms with E-state index in [4.69, 9.17) is 5.11 Å². The predicted octanol–water partition coefficient (Wildman–Crippen LogP) is -0.159. The molecule has 0 saturated heterocycles. The highest BCUT2D eigenvalue weighted by atomic mass is 19.2. The number of aliphatic hydroxyl groups excluding tert-OH is 1. The molecule has 0 bridgehead atoms. The van der Waals surface area contributed by atoms with E-state index < -0.39 is 6.10 Å². The first kappa shape index (κ1) is 5.85. The second-order valence-corrected chi connectivity index (χ2v) is 1.19. The quantitative estimate of drug-likeness (QED) is 0.465. The van der Waals surface area contributed by atoms with Crippen molar-refractivity contribution >= 4 is 0 Å². The van der Waals surface area contributed by atoms with Gasteiger partial charge in [-0.1, -0.05) is 0 Å². The van der Waals surface area contributed by atoms with Crippen molar-refractivity contribution in [3.05, 3.63) is 0 Å². The number of hydrogen-bond donors (Lipinski definition) is 2. The Balaban J connectivity index is 2.63. The first-order chi connectivity index (χ1) is 2.77. The SMILES string of the molecule is CC(O)CNF. The minimum Gasteiger partial charge on any atom is -0.392 e. The summed E-state index contributed by atoms with van der Waals surface area (Å²) in [5.74, 6) is 0. The summed E-state index contributed by atoms with van der Waals surface area (Å²) in [5.41, 5.74) is 1.32. The summed E-state index contributed by atoms with van der Waals surface area (Å²) < 4.78 is 10.8. The molecule has 0 aliphatic heterocycles. The smallest absolute Gasteiger partial charge is 0.0662 e. The summed E-state index contributed by atoms with van der Waals surface area (Å²) in [5, 5.41) is 8.25. The normalized spacial score (nSPS) is 14.5. The van der Waals surface area contributed by atoms with Gasteiger partial charge in [0.15, 0.2) is 0 Å². The van der Waals surface area contributed by atoms with E-state index in [1.165, 1.54) is 12.5 Å². The minimum absolute atomic E-state index is 0.0139. The average Bonchev–Trinajstić information content (AvgIpc) is 1.35. The van der Waals surface area contributed by atoms with Crippen molar-refractivity contribution in [2.24, 2.45) is 0 Å². The fourth-order valence-electron chi connectivity index (χ4n) is 0.112. The lowest BCUT2D eigenvalue weighted by molar-refractivity contribution is 0.159. The van der Waals surface area contributed by atoms with Gasteiger partial charge in [0.1, 0.15) is 0 Å². The Labute approximate surface area is 35.9 Å². The molecule has 6 heavy (non-hydrogen) atoms. The second-order valence-electron chi connectivity index (χ2n) is 1.19. The molecule has 0 saturated carbocycles. The molecule has 0 heterocycles. The first-order valence-corrected chi connectivity index (χ1v) is 1.79. The van der Waals surface area contributed by atoms with Crippen LogP contribution in [0.4, 0.5) is 4.48 Å². The Kier molecular flexibility index (Phi) is 2.98. The van der Waals surface area contributed by atoms with E-state index in [0.717, 1.165) is 0 Å². The van der Waals surface area contributed by atoms with E-state index in [2.05, 4.69) is 0 Å². The zero-order valence-electron chi connectivity index (χ0n) is 3.61. The Bertz CT molecular complexity index is 32.0. The van der Waals surface area contributed by atoms with Crippen LogP contribution in [-0.4, -0.2) is 17.8 Å². The van der Waals surface area contributed by atoms with E-state index >= 15 is 0 Å². The monoisotopic (exact) mass is 93.1 g/mol. The molecule has 1 unspecified atom stereocenters. The number of halogens is 1. The van der Waals surface area contributed by atoms with E-state index in [1.54, 1.807) is 0 Å². The maximum absolute atomic E-state index is 10.8. The number of nitrogens with one attached hydrogen (secondary N) is 1. The molecule has 0 aromatic carbocycles. The van der Waals surface area contributed by atoms with Crippen molar-refractivity contribution in [2.45, 2.75) is 13.0 Å². The fourth-order valence-corrected chi connectivity index (χ4v) is 0.112. The van der Waals surface area contributed by atoms with Gasteiger partial charge in [-0.2, -0.15) is 5.54 Å². The van der Waals surface area contributed by atoms with Crippen LogP contribution in [-0.2, 0) is 0 Å². The largest absolute Gasteiger partial charge is 0.392 e. The lowest BCUT2D eigenvalue weighted by Crippen LogP contribution is -2.16. The van der Waals surface area contributed by atoms with Crippen LogP contribution in [0.2, 0.25) is 0 Å². The van der Waals surface area contributed by atoms with Crippen molar-refractivity contribution in [1.82, 2.24) is 5.54 Å². The molecule has 0 fully saturated rings. The van der Waals surface area contributed by atoms with Crippen LogP contribution in [0.5, 0.6) is 0 Å². The van der Waals surface area contributed by atoms with Crippen LogP contribution in [0.25, 0.3) is 0 Å². The molecule has 0 aromatic heterocycles. The van der Waals surface area contributed by atoms with Gasteiger partial charge < -0.3 is 5.11 Å². The highest BCUT2D eigenvalue weighted by Crippen LogP contribution is 1.71. The molecule has 38 valence electrons. The number of rotatable bonds is 2. The molecule has 2 N–H and O–H groups in total. The van der Waals surface area contributed by atoms with E-state index in [9.17, 15) is 4.48 Å². The maximum Gasteiger partial charge on any atom is 0.0662 e. The fraction of sp³-hybridized carbons (Fsp3) is 1.00. The van der Waals surface area contributed by atoms with Crippen LogP contribution in [0, 0.1) is 0 Å². The Morgan fingerprint density at radius 2 is 2.50 bits per heavy atom. The third-order valence-electron chi connectivity index (χ3n) is 0.373. The molecule has 0 spiro atoms. The highest BCUT2D eigenvalue weighted by Gasteiger charge is 1.88. The molecule has 0 amide bonds. The van der Waals surface area contributed by atoms with Crippen LogP contribution in [0.1, 0.15) is 6.92 Å². The lowest BCUT2D eigenvalue weighted by Gasteiger charge is -1.94. The summed E-state index contributed by atoms with van der Waals surface area (Å²) in [6, 6.07) is 0. The maximum atomic E-state index is 10.8. The van der Waals surface area contributed by atoms with Gasteiger partial charge in [0, 0.05) is 0 Å². The van der Waals surface area contributed by atoms with Gasteiger partial charge in [-0.05, 0) is 6.92 Å². The molecular weight excluding hydrogens is 85.0 g/mol. The van der Waals surface area contributed by atoms with E-state index in [-0.39, 0.29) is 6.54 Å². The topological polar surface area (TPSA) is 32.3 Å². The standard InChI is InChI=1S/C3H8FNO/c1-3(6)2-5-4/h3,5-6H,2H2,1H3. The second kappa shape index (κ2) is 3.06. The molecule has 0 radical (unpaired) electrons. The number of aliphatic hydroxyl groups is 1. The van der Waals surface area contributed by atoms with Crippen LogP contribution < -0.4 is 5.54 Å². The highest BCUT2D eigenvalue weighted by molar-refractivity contribution is 4.41.